The Bertz CT molecular complexity index is 345. The molecule has 2 aliphatic rings. The van der Waals surface area contributed by atoms with E-state index in [0.717, 1.165) is 32.2 Å². The number of hydrogen-bond acceptors (Lipinski definition) is 3. The van der Waals surface area contributed by atoms with Crippen LogP contribution < -0.4 is 16.0 Å². The average molecular weight is 283 g/mol. The predicted molar refractivity (Wildman–Crippen MR) is 75.5 cm³/mol. The van der Waals surface area contributed by atoms with Crippen molar-refractivity contribution in [1.82, 2.24) is 16.0 Å². The van der Waals surface area contributed by atoms with E-state index in [9.17, 15) is 9.59 Å². The lowest BCUT2D eigenvalue weighted by Crippen LogP contribution is -2.40. The lowest BCUT2D eigenvalue weighted by atomic mass is 9.96. The van der Waals surface area contributed by atoms with Gasteiger partial charge in [-0.15, -0.1) is 0 Å². The topological polar surface area (TPSA) is 90.5 Å². The van der Waals surface area contributed by atoms with Gasteiger partial charge in [0.15, 0.2) is 0 Å². The summed E-state index contributed by atoms with van der Waals surface area (Å²) in [4.78, 5) is 22.6. The summed E-state index contributed by atoms with van der Waals surface area (Å²) in [5.41, 5.74) is 0. The molecule has 2 amide bonds. The average Bonchev–Trinajstić information content (AvgIpc) is 3.11. The van der Waals surface area contributed by atoms with Gasteiger partial charge in [0.2, 0.25) is 0 Å². The van der Waals surface area contributed by atoms with Crippen molar-refractivity contribution < 1.29 is 14.7 Å². The molecule has 6 nitrogen and oxygen atoms in total. The van der Waals surface area contributed by atoms with E-state index in [4.69, 9.17) is 5.11 Å². The van der Waals surface area contributed by atoms with Crippen LogP contribution in [0.4, 0.5) is 4.79 Å². The first kappa shape index (κ1) is 15.1. The standard InChI is InChI=1S/C14H25N3O3/c18-13(19)12-4-1-3-10(12)9-17-14(20)16-8-2-7-15-11-5-6-11/h10-12,15H,1-9H2,(H,18,19)(H2,16,17,20). The molecule has 4 N–H and O–H groups in total. The molecule has 0 aromatic rings. The van der Waals surface area contributed by atoms with E-state index in [1.54, 1.807) is 0 Å². The smallest absolute Gasteiger partial charge is 0.314 e. The molecule has 0 aromatic heterocycles. The quantitative estimate of drug-likeness (QED) is 0.499. The van der Waals surface area contributed by atoms with Crippen LogP contribution in [0.15, 0.2) is 0 Å². The highest BCUT2D eigenvalue weighted by molar-refractivity contribution is 5.74. The van der Waals surface area contributed by atoms with Gasteiger partial charge in [-0.3, -0.25) is 4.79 Å². The molecule has 2 aliphatic carbocycles. The predicted octanol–water partition coefficient (Wildman–Crippen LogP) is 0.929. The van der Waals surface area contributed by atoms with Crippen LogP contribution in [-0.2, 0) is 4.79 Å². The van der Waals surface area contributed by atoms with Crippen LogP contribution in [-0.4, -0.2) is 42.8 Å². The first-order valence-corrected chi connectivity index (χ1v) is 7.64. The van der Waals surface area contributed by atoms with Crippen molar-refractivity contribution in [2.24, 2.45) is 11.8 Å². The second-order valence-corrected chi connectivity index (χ2v) is 5.85. The number of carbonyl (C=O) groups is 2. The zero-order chi connectivity index (χ0) is 14.4. The van der Waals surface area contributed by atoms with Crippen LogP contribution in [0.5, 0.6) is 0 Å². The summed E-state index contributed by atoms with van der Waals surface area (Å²) in [6, 6.07) is 0.520. The summed E-state index contributed by atoms with van der Waals surface area (Å²) in [5.74, 6) is -0.950. The van der Waals surface area contributed by atoms with Crippen molar-refractivity contribution in [3.05, 3.63) is 0 Å². The van der Waals surface area contributed by atoms with E-state index in [2.05, 4.69) is 16.0 Å². The highest BCUT2D eigenvalue weighted by Crippen LogP contribution is 2.31. The van der Waals surface area contributed by atoms with Gasteiger partial charge >= 0.3 is 12.0 Å². The molecule has 2 rings (SSSR count). The van der Waals surface area contributed by atoms with Crippen molar-refractivity contribution in [2.75, 3.05) is 19.6 Å². The van der Waals surface area contributed by atoms with Crippen LogP contribution in [0.25, 0.3) is 0 Å². The molecule has 0 aromatic carbocycles. The molecule has 0 heterocycles. The zero-order valence-corrected chi connectivity index (χ0v) is 11.9. The minimum absolute atomic E-state index is 0.0785. The maximum atomic E-state index is 11.6. The Morgan fingerprint density at radius 1 is 1.05 bits per heavy atom. The molecule has 0 aliphatic heterocycles. The third-order valence-corrected chi connectivity index (χ3v) is 4.15. The summed E-state index contributed by atoms with van der Waals surface area (Å²) in [6.07, 6.45) is 6.04. The second-order valence-electron chi connectivity index (χ2n) is 5.85. The minimum Gasteiger partial charge on any atom is -0.481 e. The van der Waals surface area contributed by atoms with Gasteiger partial charge in [-0.25, -0.2) is 4.79 Å². The Labute approximate surface area is 119 Å². The third-order valence-electron chi connectivity index (χ3n) is 4.15. The highest BCUT2D eigenvalue weighted by Gasteiger charge is 2.32. The summed E-state index contributed by atoms with van der Waals surface area (Å²) in [6.45, 7) is 2.05. The number of rotatable bonds is 8. The normalized spacial score (nSPS) is 25.4. The van der Waals surface area contributed by atoms with Crippen molar-refractivity contribution in [3.8, 4) is 0 Å². The monoisotopic (exact) mass is 283 g/mol. The molecule has 2 unspecified atom stereocenters. The lowest BCUT2D eigenvalue weighted by molar-refractivity contribution is -0.142. The van der Waals surface area contributed by atoms with Crippen molar-refractivity contribution in [1.29, 1.82) is 0 Å². The van der Waals surface area contributed by atoms with Crippen molar-refractivity contribution in [3.63, 3.8) is 0 Å². The molecule has 0 spiro atoms. The number of aliphatic carboxylic acids is 1. The fraction of sp³-hybridized carbons (Fsp3) is 0.857. The first-order chi connectivity index (χ1) is 9.66. The zero-order valence-electron chi connectivity index (χ0n) is 11.9. The summed E-state index contributed by atoms with van der Waals surface area (Å²) in [7, 11) is 0. The fourth-order valence-electron chi connectivity index (χ4n) is 2.78. The van der Waals surface area contributed by atoms with Gasteiger partial charge in [-0.2, -0.15) is 0 Å². The van der Waals surface area contributed by atoms with Gasteiger partial charge in [0.25, 0.3) is 0 Å². The molecule has 0 bridgehead atoms. The number of carboxylic acid groups (broad SMARTS) is 1. The van der Waals surface area contributed by atoms with E-state index in [1.165, 1.54) is 12.8 Å². The van der Waals surface area contributed by atoms with Crippen molar-refractivity contribution in [2.45, 2.75) is 44.6 Å². The van der Waals surface area contributed by atoms with E-state index in [1.807, 2.05) is 0 Å². The number of carboxylic acids is 1. The second kappa shape index (κ2) is 7.47. The molecule has 2 atom stereocenters. The van der Waals surface area contributed by atoms with Crippen molar-refractivity contribution >= 4 is 12.0 Å². The van der Waals surface area contributed by atoms with Crippen LogP contribution in [0.1, 0.15) is 38.5 Å². The molecule has 6 heteroatoms. The molecule has 0 radical (unpaired) electrons. The first-order valence-electron chi connectivity index (χ1n) is 7.64. The number of urea groups is 1. The van der Waals surface area contributed by atoms with Gasteiger partial charge in [-0.05, 0) is 44.6 Å². The highest BCUT2D eigenvalue weighted by atomic mass is 16.4. The number of nitrogens with one attached hydrogen (secondary N) is 3. The van der Waals surface area contributed by atoms with Crippen LogP contribution >= 0.6 is 0 Å². The SMILES string of the molecule is O=C(NCCCNC1CC1)NCC1CCCC1C(=O)O. The summed E-state index contributed by atoms with van der Waals surface area (Å²) in [5, 5.41) is 18.0. The molecular formula is C14H25N3O3. The van der Waals surface area contributed by atoms with Gasteiger partial charge < -0.3 is 21.1 Å². The van der Waals surface area contributed by atoms with Crippen LogP contribution in [0.2, 0.25) is 0 Å². The van der Waals surface area contributed by atoms with Gasteiger partial charge in [0.05, 0.1) is 5.92 Å². The maximum absolute atomic E-state index is 11.6. The number of amides is 2. The Hall–Kier alpha value is -1.30. The lowest BCUT2D eigenvalue weighted by Gasteiger charge is -2.16. The molecular weight excluding hydrogens is 258 g/mol. The Kier molecular flexibility index (Phi) is 5.64. The number of hydrogen-bond donors (Lipinski definition) is 4. The van der Waals surface area contributed by atoms with E-state index < -0.39 is 5.97 Å². The Balaban J connectivity index is 1.51. The van der Waals surface area contributed by atoms with E-state index in [0.29, 0.717) is 19.1 Å². The number of carbonyl (C=O) groups excluding carboxylic acids is 1. The summed E-state index contributed by atoms with van der Waals surface area (Å²) >= 11 is 0. The molecule has 2 fully saturated rings. The van der Waals surface area contributed by atoms with E-state index >= 15 is 0 Å². The van der Waals surface area contributed by atoms with Gasteiger partial charge in [-0.1, -0.05) is 6.42 Å². The molecule has 0 saturated heterocycles. The van der Waals surface area contributed by atoms with Crippen LogP contribution in [0, 0.1) is 11.8 Å². The Morgan fingerprint density at radius 2 is 1.85 bits per heavy atom. The van der Waals surface area contributed by atoms with Crippen LogP contribution in [0.3, 0.4) is 0 Å². The largest absolute Gasteiger partial charge is 0.481 e. The Morgan fingerprint density at radius 3 is 2.55 bits per heavy atom. The summed E-state index contributed by atoms with van der Waals surface area (Å²) < 4.78 is 0. The molecule has 2 saturated carbocycles. The maximum Gasteiger partial charge on any atom is 0.314 e. The molecule has 20 heavy (non-hydrogen) atoms. The minimum atomic E-state index is -0.735. The van der Waals surface area contributed by atoms with Gasteiger partial charge in [0.1, 0.15) is 0 Å². The molecule has 114 valence electrons. The van der Waals surface area contributed by atoms with E-state index in [-0.39, 0.29) is 17.9 Å². The fourth-order valence-corrected chi connectivity index (χ4v) is 2.78. The third kappa shape index (κ3) is 5.00. The van der Waals surface area contributed by atoms with Gasteiger partial charge in [0, 0.05) is 19.1 Å².